The second-order valence-electron chi connectivity index (χ2n) is 7.02. The van der Waals surface area contributed by atoms with Gasteiger partial charge < -0.3 is 10.0 Å². The van der Waals surface area contributed by atoms with E-state index in [0.717, 1.165) is 34.5 Å². The van der Waals surface area contributed by atoms with Crippen LogP contribution < -0.4 is 4.90 Å². The van der Waals surface area contributed by atoms with Gasteiger partial charge in [-0.15, -0.1) is 0 Å². The lowest BCUT2D eigenvalue weighted by molar-refractivity contribution is 0.282. The number of aromatic nitrogens is 1. The van der Waals surface area contributed by atoms with E-state index < -0.39 is 0 Å². The molecule has 0 atom stereocenters. The van der Waals surface area contributed by atoms with Crippen LogP contribution >= 0.6 is 23.1 Å². The number of aliphatic hydroxyl groups excluding tert-OH is 1. The van der Waals surface area contributed by atoms with Crippen molar-refractivity contribution in [3.05, 3.63) is 10.6 Å². The molecule has 1 aliphatic rings. The van der Waals surface area contributed by atoms with E-state index in [9.17, 15) is 5.11 Å². The van der Waals surface area contributed by atoms with Crippen molar-refractivity contribution in [2.75, 3.05) is 23.7 Å². The Bertz CT molecular complexity index is 463. The van der Waals surface area contributed by atoms with E-state index in [4.69, 9.17) is 4.98 Å². The first-order valence-electron chi connectivity index (χ1n) is 7.23. The fourth-order valence-corrected chi connectivity index (χ4v) is 4.66. The highest BCUT2D eigenvalue weighted by atomic mass is 32.2. The molecule has 20 heavy (non-hydrogen) atoms. The van der Waals surface area contributed by atoms with Crippen molar-refractivity contribution in [2.24, 2.45) is 0 Å². The zero-order valence-electron chi connectivity index (χ0n) is 13.2. The SMILES string of the molecule is CC1(C)CCN(c2nc(C(C)(C)C)c(CO)s2)CCS1. The van der Waals surface area contributed by atoms with Crippen LogP contribution in [0.3, 0.4) is 0 Å². The van der Waals surface area contributed by atoms with Gasteiger partial charge >= 0.3 is 0 Å². The summed E-state index contributed by atoms with van der Waals surface area (Å²) in [6.45, 7) is 13.3. The van der Waals surface area contributed by atoms with E-state index in [2.05, 4.69) is 39.5 Å². The molecule has 0 bridgehead atoms. The Hall–Kier alpha value is -0.260. The zero-order chi connectivity index (χ0) is 15.0. The summed E-state index contributed by atoms with van der Waals surface area (Å²) in [6.07, 6.45) is 1.18. The zero-order valence-corrected chi connectivity index (χ0v) is 14.8. The van der Waals surface area contributed by atoms with Gasteiger partial charge in [0, 0.05) is 29.0 Å². The largest absolute Gasteiger partial charge is 0.391 e. The lowest BCUT2D eigenvalue weighted by Crippen LogP contribution is -2.27. The second kappa shape index (κ2) is 5.85. The topological polar surface area (TPSA) is 36.4 Å². The van der Waals surface area contributed by atoms with Crippen molar-refractivity contribution in [2.45, 2.75) is 57.8 Å². The quantitative estimate of drug-likeness (QED) is 0.904. The first kappa shape index (κ1) is 16.1. The molecule has 0 saturated carbocycles. The molecule has 114 valence electrons. The van der Waals surface area contributed by atoms with Gasteiger partial charge in [-0.3, -0.25) is 0 Å². The molecule has 5 heteroatoms. The molecule has 1 fully saturated rings. The fraction of sp³-hybridized carbons (Fsp3) is 0.800. The maximum Gasteiger partial charge on any atom is 0.185 e. The Labute approximate surface area is 130 Å². The first-order valence-corrected chi connectivity index (χ1v) is 9.03. The Morgan fingerprint density at radius 2 is 2.00 bits per heavy atom. The van der Waals surface area contributed by atoms with Gasteiger partial charge in [-0.25, -0.2) is 4.98 Å². The molecule has 1 aliphatic heterocycles. The molecule has 0 amide bonds. The second-order valence-corrected chi connectivity index (χ2v) is 9.89. The number of thiazole rings is 1. The van der Waals surface area contributed by atoms with Crippen LogP contribution in [0.25, 0.3) is 0 Å². The lowest BCUT2D eigenvalue weighted by Gasteiger charge is -2.22. The molecule has 0 aliphatic carbocycles. The minimum atomic E-state index is -0.00726. The van der Waals surface area contributed by atoms with Gasteiger partial charge in [-0.1, -0.05) is 46.0 Å². The molecule has 1 saturated heterocycles. The molecule has 1 N–H and O–H groups in total. The molecular formula is C15H26N2OS2. The Morgan fingerprint density at radius 3 is 2.55 bits per heavy atom. The van der Waals surface area contributed by atoms with Crippen molar-refractivity contribution in [1.29, 1.82) is 0 Å². The van der Waals surface area contributed by atoms with Crippen molar-refractivity contribution >= 4 is 28.2 Å². The van der Waals surface area contributed by atoms with Crippen LogP contribution in [0.15, 0.2) is 0 Å². The fourth-order valence-electron chi connectivity index (χ4n) is 2.38. The standard InChI is InChI=1S/C15H26N2OS2/c1-14(2,3)12-11(10-18)20-13(16-12)17-7-6-15(4,5)19-9-8-17/h18H,6-10H2,1-5H3. The molecule has 0 aromatic carbocycles. The van der Waals surface area contributed by atoms with Gasteiger partial charge in [0.25, 0.3) is 0 Å². The first-order chi connectivity index (χ1) is 9.23. The monoisotopic (exact) mass is 314 g/mol. The van der Waals surface area contributed by atoms with E-state index in [1.54, 1.807) is 11.3 Å². The van der Waals surface area contributed by atoms with Crippen molar-refractivity contribution < 1.29 is 5.11 Å². The summed E-state index contributed by atoms with van der Waals surface area (Å²) in [7, 11) is 0. The van der Waals surface area contributed by atoms with E-state index in [0.29, 0.717) is 4.75 Å². The number of thioether (sulfide) groups is 1. The van der Waals surface area contributed by atoms with Gasteiger partial charge in [0.2, 0.25) is 0 Å². The van der Waals surface area contributed by atoms with Crippen LogP contribution in [-0.4, -0.2) is 33.7 Å². The minimum Gasteiger partial charge on any atom is -0.391 e. The summed E-state index contributed by atoms with van der Waals surface area (Å²) in [4.78, 5) is 8.25. The summed E-state index contributed by atoms with van der Waals surface area (Å²) < 4.78 is 0.360. The van der Waals surface area contributed by atoms with E-state index in [-0.39, 0.29) is 12.0 Å². The number of hydrogen-bond donors (Lipinski definition) is 1. The molecule has 0 unspecified atom stereocenters. The van der Waals surface area contributed by atoms with Crippen LogP contribution in [0.2, 0.25) is 0 Å². The van der Waals surface area contributed by atoms with Crippen LogP contribution in [-0.2, 0) is 12.0 Å². The van der Waals surface area contributed by atoms with Gasteiger partial charge in [0.1, 0.15) is 0 Å². The third-order valence-electron chi connectivity index (χ3n) is 3.65. The lowest BCUT2D eigenvalue weighted by atomic mass is 9.91. The molecule has 1 aromatic heterocycles. The highest BCUT2D eigenvalue weighted by molar-refractivity contribution is 8.00. The number of anilines is 1. The normalized spacial score (nSPS) is 20.0. The molecule has 0 radical (unpaired) electrons. The number of rotatable bonds is 2. The molecule has 3 nitrogen and oxygen atoms in total. The Morgan fingerprint density at radius 1 is 1.30 bits per heavy atom. The molecule has 2 rings (SSSR count). The average Bonchev–Trinajstić information content (AvgIpc) is 2.69. The highest BCUT2D eigenvalue weighted by Gasteiger charge is 2.28. The summed E-state index contributed by atoms with van der Waals surface area (Å²) >= 11 is 3.71. The molecule has 2 heterocycles. The van der Waals surface area contributed by atoms with Gasteiger partial charge in [-0.05, 0) is 6.42 Å². The minimum absolute atomic E-state index is 0.00726. The smallest absolute Gasteiger partial charge is 0.185 e. The van der Waals surface area contributed by atoms with Gasteiger partial charge in [0.15, 0.2) is 5.13 Å². The number of nitrogens with zero attached hydrogens (tertiary/aromatic N) is 2. The molecule has 1 aromatic rings. The average molecular weight is 315 g/mol. The van der Waals surface area contributed by atoms with Gasteiger partial charge in [0.05, 0.1) is 17.2 Å². The van der Waals surface area contributed by atoms with Gasteiger partial charge in [-0.2, -0.15) is 11.8 Å². The van der Waals surface area contributed by atoms with E-state index in [1.165, 1.54) is 6.42 Å². The van der Waals surface area contributed by atoms with Crippen molar-refractivity contribution in [3.63, 3.8) is 0 Å². The third kappa shape index (κ3) is 3.68. The van der Waals surface area contributed by atoms with Crippen molar-refractivity contribution in [1.82, 2.24) is 4.98 Å². The Kier molecular flexibility index (Phi) is 4.72. The van der Waals surface area contributed by atoms with Crippen LogP contribution in [0.1, 0.15) is 51.6 Å². The van der Waals surface area contributed by atoms with E-state index >= 15 is 0 Å². The Balaban J connectivity index is 2.23. The van der Waals surface area contributed by atoms with Crippen molar-refractivity contribution in [3.8, 4) is 0 Å². The third-order valence-corrected chi connectivity index (χ3v) is 6.12. The summed E-state index contributed by atoms with van der Waals surface area (Å²) in [5, 5.41) is 10.7. The molecule has 0 spiro atoms. The predicted molar refractivity (Wildman–Crippen MR) is 90.1 cm³/mol. The maximum absolute atomic E-state index is 9.58. The highest BCUT2D eigenvalue weighted by Crippen LogP contribution is 2.37. The van der Waals surface area contributed by atoms with Crippen LogP contribution in [0.5, 0.6) is 0 Å². The van der Waals surface area contributed by atoms with Crippen LogP contribution in [0.4, 0.5) is 5.13 Å². The molecular weight excluding hydrogens is 288 g/mol. The summed E-state index contributed by atoms with van der Waals surface area (Å²) in [5.74, 6) is 1.14. The predicted octanol–water partition coefficient (Wildman–Crippen LogP) is 3.65. The number of hydrogen-bond acceptors (Lipinski definition) is 5. The summed E-state index contributed by atoms with van der Waals surface area (Å²) in [6, 6.07) is 0. The van der Waals surface area contributed by atoms with Crippen LogP contribution in [0, 0.1) is 0 Å². The summed E-state index contributed by atoms with van der Waals surface area (Å²) in [5.41, 5.74) is 1.04. The number of aliphatic hydroxyl groups is 1. The maximum atomic E-state index is 9.58. The van der Waals surface area contributed by atoms with E-state index in [1.807, 2.05) is 11.8 Å².